The van der Waals surface area contributed by atoms with Gasteiger partial charge in [-0.15, -0.1) is 0 Å². The van der Waals surface area contributed by atoms with Crippen LogP contribution in [0.1, 0.15) is 43.6 Å². The van der Waals surface area contributed by atoms with E-state index in [4.69, 9.17) is 4.74 Å². The Morgan fingerprint density at radius 3 is 2.73 bits per heavy atom. The number of carbonyl (C=O) groups excluding carboxylic acids is 1. The van der Waals surface area contributed by atoms with Crippen LogP contribution in [-0.4, -0.2) is 48.3 Å². The van der Waals surface area contributed by atoms with Crippen LogP contribution in [0.3, 0.4) is 0 Å². The zero-order chi connectivity index (χ0) is 15.2. The molecule has 120 valence electrons. The topological polar surface area (TPSA) is 54.5 Å². The summed E-state index contributed by atoms with van der Waals surface area (Å²) in [6.45, 7) is 3.05. The number of nitrogens with one attached hydrogen (secondary N) is 1. The third-order valence-electron chi connectivity index (χ3n) is 4.60. The van der Waals surface area contributed by atoms with Crippen molar-refractivity contribution in [2.24, 2.45) is 0 Å². The van der Waals surface area contributed by atoms with E-state index in [9.17, 15) is 4.79 Å². The normalized spacial score (nSPS) is 19.2. The van der Waals surface area contributed by atoms with Gasteiger partial charge in [0.1, 0.15) is 0 Å². The van der Waals surface area contributed by atoms with E-state index in [0.717, 1.165) is 26.1 Å². The summed E-state index contributed by atoms with van der Waals surface area (Å²) in [5.74, 6) is 0.458. The first kappa shape index (κ1) is 15.3. The molecule has 5 nitrogen and oxygen atoms in total. The van der Waals surface area contributed by atoms with Crippen molar-refractivity contribution < 1.29 is 9.53 Å². The fourth-order valence-corrected chi connectivity index (χ4v) is 3.18. The average Bonchev–Trinajstić information content (AvgIpc) is 3.00. The largest absolute Gasteiger partial charge is 0.378 e. The zero-order valence-electron chi connectivity index (χ0n) is 13.0. The molecule has 2 aliphatic rings. The molecule has 1 saturated carbocycles. The molecule has 1 aliphatic carbocycles. The van der Waals surface area contributed by atoms with Crippen molar-refractivity contribution >= 4 is 6.03 Å². The van der Waals surface area contributed by atoms with Gasteiger partial charge in [-0.3, -0.25) is 4.98 Å². The van der Waals surface area contributed by atoms with E-state index in [2.05, 4.69) is 10.3 Å². The van der Waals surface area contributed by atoms with Crippen molar-refractivity contribution in [2.45, 2.75) is 44.1 Å². The Kier molecular flexibility index (Phi) is 5.27. The summed E-state index contributed by atoms with van der Waals surface area (Å²) < 4.78 is 5.79. The molecular weight excluding hydrogens is 278 g/mol. The van der Waals surface area contributed by atoms with Crippen LogP contribution in [0.4, 0.5) is 4.79 Å². The number of hydrogen-bond acceptors (Lipinski definition) is 3. The Balaban J connectivity index is 1.26. The molecule has 0 bridgehead atoms. The van der Waals surface area contributed by atoms with Crippen LogP contribution < -0.4 is 5.32 Å². The first-order chi connectivity index (χ1) is 10.8. The summed E-state index contributed by atoms with van der Waals surface area (Å²) >= 11 is 0. The van der Waals surface area contributed by atoms with Crippen molar-refractivity contribution in [2.75, 3.05) is 26.2 Å². The summed E-state index contributed by atoms with van der Waals surface area (Å²) in [5.41, 5.74) is 1.27. The summed E-state index contributed by atoms with van der Waals surface area (Å²) in [4.78, 5) is 17.9. The minimum Gasteiger partial charge on any atom is -0.378 e. The number of carbonyl (C=O) groups is 1. The summed E-state index contributed by atoms with van der Waals surface area (Å²) in [6.07, 6.45) is 9.98. The van der Waals surface area contributed by atoms with E-state index in [1.165, 1.54) is 31.2 Å². The molecule has 22 heavy (non-hydrogen) atoms. The summed E-state index contributed by atoms with van der Waals surface area (Å²) in [7, 11) is 0. The lowest BCUT2D eigenvalue weighted by molar-refractivity contribution is 0.0568. The van der Waals surface area contributed by atoms with E-state index in [1.54, 1.807) is 0 Å². The van der Waals surface area contributed by atoms with Crippen LogP contribution in [0, 0.1) is 0 Å². The lowest BCUT2D eigenvalue weighted by Crippen LogP contribution is -2.52. The highest BCUT2D eigenvalue weighted by Crippen LogP contribution is 2.26. The Labute approximate surface area is 132 Å². The van der Waals surface area contributed by atoms with Gasteiger partial charge in [0.2, 0.25) is 0 Å². The summed E-state index contributed by atoms with van der Waals surface area (Å²) in [5, 5.41) is 2.98. The second-order valence-corrected chi connectivity index (χ2v) is 6.25. The zero-order valence-corrected chi connectivity index (χ0v) is 13.0. The van der Waals surface area contributed by atoms with Crippen molar-refractivity contribution in [3.05, 3.63) is 30.1 Å². The average molecular weight is 303 g/mol. The van der Waals surface area contributed by atoms with Crippen molar-refractivity contribution in [3.8, 4) is 0 Å². The molecule has 0 spiro atoms. The Hall–Kier alpha value is -1.62. The van der Waals surface area contributed by atoms with Crippen LogP contribution in [0.5, 0.6) is 0 Å². The number of rotatable bonds is 6. The number of likely N-dealkylation sites (tertiary alicyclic amines) is 1. The first-order valence-electron chi connectivity index (χ1n) is 8.37. The van der Waals surface area contributed by atoms with Gasteiger partial charge in [-0.2, -0.15) is 0 Å². The molecule has 1 aromatic rings. The molecule has 0 unspecified atom stereocenters. The number of urea groups is 1. The molecular formula is C17H25N3O2. The van der Waals surface area contributed by atoms with Gasteiger partial charge in [0, 0.05) is 44.6 Å². The van der Waals surface area contributed by atoms with Crippen LogP contribution in [0.2, 0.25) is 0 Å². The predicted octanol–water partition coefficient (Wildman–Crippen LogP) is 2.54. The smallest absolute Gasteiger partial charge is 0.317 e. The third-order valence-corrected chi connectivity index (χ3v) is 4.60. The van der Waals surface area contributed by atoms with Crippen molar-refractivity contribution in [1.29, 1.82) is 0 Å². The van der Waals surface area contributed by atoms with E-state index >= 15 is 0 Å². The highest BCUT2D eigenvalue weighted by molar-refractivity contribution is 5.75. The highest BCUT2D eigenvalue weighted by Gasteiger charge is 2.31. The highest BCUT2D eigenvalue weighted by atomic mass is 16.5. The number of pyridine rings is 1. The fourth-order valence-electron chi connectivity index (χ4n) is 3.18. The van der Waals surface area contributed by atoms with E-state index in [-0.39, 0.29) is 6.03 Å². The van der Waals surface area contributed by atoms with Crippen LogP contribution in [0.15, 0.2) is 24.5 Å². The number of ether oxygens (including phenoxy) is 1. The Bertz CT molecular complexity index is 468. The predicted molar refractivity (Wildman–Crippen MR) is 84.8 cm³/mol. The van der Waals surface area contributed by atoms with Gasteiger partial charge in [0.15, 0.2) is 0 Å². The molecule has 0 radical (unpaired) electrons. The molecule has 2 heterocycles. The van der Waals surface area contributed by atoms with E-state index < -0.39 is 0 Å². The van der Waals surface area contributed by atoms with E-state index in [0.29, 0.717) is 18.6 Å². The standard InChI is InChI=1S/C17H25N3O2/c21-17(19-8-3-11-22-16-4-1-2-5-16)20-12-15(13-20)14-6-9-18-10-7-14/h6-7,9-10,15-16H,1-5,8,11-13H2,(H,19,21). The van der Waals surface area contributed by atoms with Crippen molar-refractivity contribution in [1.82, 2.24) is 15.2 Å². The third kappa shape index (κ3) is 3.97. The monoisotopic (exact) mass is 303 g/mol. The molecule has 0 aromatic carbocycles. The minimum absolute atomic E-state index is 0.0474. The molecule has 1 aliphatic heterocycles. The minimum atomic E-state index is 0.0474. The molecule has 5 heteroatoms. The SMILES string of the molecule is O=C(NCCCOC1CCCC1)N1CC(c2ccncc2)C1. The van der Waals surface area contributed by atoms with Crippen LogP contribution >= 0.6 is 0 Å². The second kappa shape index (κ2) is 7.58. The maximum absolute atomic E-state index is 12.0. The Morgan fingerprint density at radius 1 is 1.27 bits per heavy atom. The van der Waals surface area contributed by atoms with Crippen LogP contribution in [-0.2, 0) is 4.74 Å². The van der Waals surface area contributed by atoms with Gasteiger partial charge in [-0.05, 0) is 37.0 Å². The van der Waals surface area contributed by atoms with Crippen molar-refractivity contribution in [3.63, 3.8) is 0 Å². The molecule has 2 fully saturated rings. The molecule has 1 aromatic heterocycles. The number of nitrogens with zero attached hydrogens (tertiary/aromatic N) is 2. The summed E-state index contributed by atoms with van der Waals surface area (Å²) in [6, 6.07) is 4.10. The Morgan fingerprint density at radius 2 is 2.00 bits per heavy atom. The van der Waals surface area contributed by atoms with Gasteiger partial charge in [-0.1, -0.05) is 12.8 Å². The van der Waals surface area contributed by atoms with Gasteiger partial charge in [0.05, 0.1) is 6.10 Å². The van der Waals surface area contributed by atoms with Gasteiger partial charge in [-0.25, -0.2) is 4.79 Å². The first-order valence-corrected chi connectivity index (χ1v) is 8.37. The number of hydrogen-bond donors (Lipinski definition) is 1. The maximum atomic E-state index is 12.0. The molecule has 2 amide bonds. The number of aromatic nitrogens is 1. The second-order valence-electron chi connectivity index (χ2n) is 6.25. The molecule has 3 rings (SSSR count). The van der Waals surface area contributed by atoms with Gasteiger partial charge in [0.25, 0.3) is 0 Å². The molecule has 0 atom stereocenters. The fraction of sp³-hybridized carbons (Fsp3) is 0.647. The van der Waals surface area contributed by atoms with Crippen LogP contribution in [0.25, 0.3) is 0 Å². The maximum Gasteiger partial charge on any atom is 0.317 e. The quantitative estimate of drug-likeness (QED) is 0.822. The van der Waals surface area contributed by atoms with Gasteiger partial charge >= 0.3 is 6.03 Å². The molecule has 1 N–H and O–H groups in total. The van der Waals surface area contributed by atoms with Gasteiger partial charge < -0.3 is 15.0 Å². The lowest BCUT2D eigenvalue weighted by atomic mass is 9.93. The lowest BCUT2D eigenvalue weighted by Gasteiger charge is -2.39. The molecule has 1 saturated heterocycles. The number of amides is 2. The van der Waals surface area contributed by atoms with E-state index in [1.807, 2.05) is 29.4 Å².